The van der Waals surface area contributed by atoms with E-state index in [-0.39, 0.29) is 0 Å². The Bertz CT molecular complexity index is 381. The second-order valence-electron chi connectivity index (χ2n) is 4.25. The van der Waals surface area contributed by atoms with Gasteiger partial charge in [0, 0.05) is 11.1 Å². The van der Waals surface area contributed by atoms with Crippen LogP contribution in [0.5, 0.6) is 0 Å². The van der Waals surface area contributed by atoms with Crippen LogP contribution in [0.15, 0.2) is 24.3 Å². The fourth-order valence-electron chi connectivity index (χ4n) is 1.75. The normalized spacial score (nSPS) is 12.7. The lowest BCUT2D eigenvalue weighted by atomic mass is 10.1. The maximum absolute atomic E-state index is 6.18. The Morgan fingerprint density at radius 3 is 2.71 bits per heavy atom. The fraction of sp³-hybridized carbons (Fsp3) is 0.462. The van der Waals surface area contributed by atoms with Crippen molar-refractivity contribution < 1.29 is 0 Å². The summed E-state index contributed by atoms with van der Waals surface area (Å²) < 4.78 is 0. The van der Waals surface area contributed by atoms with Crippen molar-refractivity contribution in [1.29, 1.82) is 0 Å². The Morgan fingerprint density at radius 1 is 1.47 bits per heavy atom. The number of hydrogen-bond donors (Lipinski definition) is 1. The van der Waals surface area contributed by atoms with Crippen molar-refractivity contribution >= 4 is 28.8 Å². The molecule has 0 aliphatic heterocycles. The first-order valence-corrected chi connectivity index (χ1v) is 6.54. The van der Waals surface area contributed by atoms with Crippen LogP contribution in [0.2, 0.25) is 5.02 Å². The topological polar surface area (TPSA) is 29.3 Å². The van der Waals surface area contributed by atoms with Gasteiger partial charge in [-0.1, -0.05) is 42.0 Å². The van der Waals surface area contributed by atoms with Crippen LogP contribution in [-0.2, 0) is 0 Å². The van der Waals surface area contributed by atoms with Crippen LogP contribution in [0, 0.1) is 0 Å². The zero-order valence-electron chi connectivity index (χ0n) is 10.3. The Kier molecular flexibility index (Phi) is 5.89. The summed E-state index contributed by atoms with van der Waals surface area (Å²) >= 11 is 11.0. The van der Waals surface area contributed by atoms with Gasteiger partial charge in [-0.05, 0) is 45.0 Å². The maximum atomic E-state index is 6.18. The number of benzene rings is 1. The molecule has 0 aromatic heterocycles. The number of nitrogens with two attached hydrogens (primary N) is 1. The van der Waals surface area contributed by atoms with Gasteiger partial charge in [-0.2, -0.15) is 0 Å². The molecule has 4 heteroatoms. The highest BCUT2D eigenvalue weighted by Gasteiger charge is 2.13. The Hall–Kier alpha value is -0.640. The van der Waals surface area contributed by atoms with Gasteiger partial charge in [0.2, 0.25) is 0 Å². The van der Waals surface area contributed by atoms with Crippen LogP contribution in [0.4, 0.5) is 0 Å². The van der Waals surface area contributed by atoms with Crippen LogP contribution in [0.1, 0.15) is 31.4 Å². The minimum absolute atomic E-state index is 0.301. The van der Waals surface area contributed by atoms with Gasteiger partial charge in [0.1, 0.15) is 0 Å². The van der Waals surface area contributed by atoms with E-state index in [1.807, 2.05) is 18.2 Å². The molecule has 0 bridgehead atoms. The number of halogens is 1. The van der Waals surface area contributed by atoms with Gasteiger partial charge in [0.05, 0.1) is 4.99 Å². The van der Waals surface area contributed by atoms with E-state index in [1.165, 1.54) is 0 Å². The van der Waals surface area contributed by atoms with Gasteiger partial charge < -0.3 is 5.73 Å². The molecule has 2 N–H and O–H groups in total. The van der Waals surface area contributed by atoms with Gasteiger partial charge in [-0.3, -0.25) is 4.90 Å². The quantitative estimate of drug-likeness (QED) is 0.804. The SMILES string of the molecule is CC(c1ccccc1Cl)N(C)CCCC(N)=S. The highest BCUT2D eigenvalue weighted by Crippen LogP contribution is 2.26. The van der Waals surface area contributed by atoms with Crippen molar-refractivity contribution in [2.45, 2.75) is 25.8 Å². The first-order valence-electron chi connectivity index (χ1n) is 5.75. The molecule has 94 valence electrons. The average molecular weight is 271 g/mol. The fourth-order valence-corrected chi connectivity index (χ4v) is 2.19. The molecule has 1 atom stereocenters. The summed E-state index contributed by atoms with van der Waals surface area (Å²) in [7, 11) is 2.09. The molecule has 1 unspecified atom stereocenters. The van der Waals surface area contributed by atoms with Gasteiger partial charge in [-0.25, -0.2) is 0 Å². The van der Waals surface area contributed by atoms with Crippen molar-refractivity contribution in [2.75, 3.05) is 13.6 Å². The maximum Gasteiger partial charge on any atom is 0.0727 e. The Labute approximate surface area is 114 Å². The standard InChI is InChI=1S/C13H19ClN2S/c1-10(11-6-3-4-7-12(11)14)16(2)9-5-8-13(15)17/h3-4,6-7,10H,5,8-9H2,1-2H3,(H2,15,17). The predicted molar refractivity (Wildman–Crippen MR) is 78.5 cm³/mol. The lowest BCUT2D eigenvalue weighted by Crippen LogP contribution is -2.24. The second-order valence-corrected chi connectivity index (χ2v) is 5.18. The van der Waals surface area contributed by atoms with Crippen molar-refractivity contribution in [3.05, 3.63) is 34.9 Å². The van der Waals surface area contributed by atoms with Gasteiger partial charge in [0.25, 0.3) is 0 Å². The molecule has 0 saturated carbocycles. The van der Waals surface area contributed by atoms with E-state index in [0.717, 1.165) is 30.0 Å². The number of thiocarbonyl (C=S) groups is 1. The van der Waals surface area contributed by atoms with Gasteiger partial charge >= 0.3 is 0 Å². The average Bonchev–Trinajstić information content (AvgIpc) is 2.28. The minimum atomic E-state index is 0.301. The molecule has 1 aromatic carbocycles. The third-order valence-electron chi connectivity index (χ3n) is 2.95. The van der Waals surface area contributed by atoms with E-state index in [0.29, 0.717) is 11.0 Å². The third kappa shape index (κ3) is 4.62. The number of nitrogens with zero attached hydrogens (tertiary/aromatic N) is 1. The van der Waals surface area contributed by atoms with Crippen molar-refractivity contribution in [3.63, 3.8) is 0 Å². The molecule has 0 aliphatic rings. The lowest BCUT2D eigenvalue weighted by Gasteiger charge is -2.25. The largest absolute Gasteiger partial charge is 0.393 e. The summed E-state index contributed by atoms with van der Waals surface area (Å²) in [5.41, 5.74) is 6.64. The first-order chi connectivity index (χ1) is 8.02. The van der Waals surface area contributed by atoms with Crippen molar-refractivity contribution in [1.82, 2.24) is 4.90 Å². The van der Waals surface area contributed by atoms with Crippen LogP contribution < -0.4 is 5.73 Å². The molecule has 0 fully saturated rings. The van der Waals surface area contributed by atoms with Gasteiger partial charge in [0.15, 0.2) is 0 Å². The zero-order chi connectivity index (χ0) is 12.8. The minimum Gasteiger partial charge on any atom is -0.393 e. The van der Waals surface area contributed by atoms with E-state index in [4.69, 9.17) is 29.6 Å². The van der Waals surface area contributed by atoms with Crippen molar-refractivity contribution in [3.8, 4) is 0 Å². The molecule has 0 heterocycles. The molecular formula is C13H19ClN2S. The highest BCUT2D eigenvalue weighted by atomic mass is 35.5. The molecular weight excluding hydrogens is 252 g/mol. The molecule has 0 aliphatic carbocycles. The van der Waals surface area contributed by atoms with Crippen LogP contribution >= 0.6 is 23.8 Å². The molecule has 0 amide bonds. The van der Waals surface area contributed by atoms with Gasteiger partial charge in [-0.15, -0.1) is 0 Å². The summed E-state index contributed by atoms with van der Waals surface area (Å²) in [5.74, 6) is 0. The molecule has 0 radical (unpaired) electrons. The molecule has 1 aromatic rings. The third-order valence-corrected chi connectivity index (χ3v) is 3.50. The highest BCUT2D eigenvalue weighted by molar-refractivity contribution is 7.80. The van der Waals surface area contributed by atoms with E-state index < -0.39 is 0 Å². The monoisotopic (exact) mass is 270 g/mol. The summed E-state index contributed by atoms with van der Waals surface area (Å²) in [6.07, 6.45) is 1.79. The van der Waals surface area contributed by atoms with Crippen LogP contribution in [-0.4, -0.2) is 23.5 Å². The van der Waals surface area contributed by atoms with Crippen LogP contribution in [0.3, 0.4) is 0 Å². The smallest absolute Gasteiger partial charge is 0.0727 e. The zero-order valence-corrected chi connectivity index (χ0v) is 11.9. The number of rotatable bonds is 6. The second kappa shape index (κ2) is 6.94. The summed E-state index contributed by atoms with van der Waals surface area (Å²) in [4.78, 5) is 2.85. The van der Waals surface area contributed by atoms with E-state index >= 15 is 0 Å². The van der Waals surface area contributed by atoms with E-state index in [2.05, 4.69) is 24.9 Å². The Balaban J connectivity index is 2.55. The Morgan fingerprint density at radius 2 is 2.12 bits per heavy atom. The predicted octanol–water partition coefficient (Wildman–Crippen LogP) is 3.40. The van der Waals surface area contributed by atoms with E-state index in [1.54, 1.807) is 0 Å². The number of hydrogen-bond acceptors (Lipinski definition) is 2. The molecule has 2 nitrogen and oxygen atoms in total. The first kappa shape index (κ1) is 14.4. The summed E-state index contributed by atoms with van der Waals surface area (Å²) in [6, 6.07) is 8.26. The molecule has 0 saturated heterocycles. The lowest BCUT2D eigenvalue weighted by molar-refractivity contribution is 0.260. The summed E-state index contributed by atoms with van der Waals surface area (Å²) in [6.45, 7) is 3.12. The summed E-state index contributed by atoms with van der Waals surface area (Å²) in [5, 5.41) is 0.821. The van der Waals surface area contributed by atoms with E-state index in [9.17, 15) is 0 Å². The van der Waals surface area contributed by atoms with Crippen LogP contribution in [0.25, 0.3) is 0 Å². The van der Waals surface area contributed by atoms with Crippen molar-refractivity contribution in [2.24, 2.45) is 5.73 Å². The molecule has 0 spiro atoms. The molecule has 17 heavy (non-hydrogen) atoms. The molecule has 1 rings (SSSR count).